The van der Waals surface area contributed by atoms with E-state index in [1.54, 1.807) is 0 Å². The molecule has 2 rings (SSSR count). The van der Waals surface area contributed by atoms with Crippen LogP contribution in [0.15, 0.2) is 30.3 Å². The summed E-state index contributed by atoms with van der Waals surface area (Å²) in [5, 5.41) is 2.85. The summed E-state index contributed by atoms with van der Waals surface area (Å²) in [7, 11) is -0.880. The van der Waals surface area contributed by atoms with Crippen LogP contribution in [0.4, 0.5) is 0 Å². The Morgan fingerprint density at radius 1 is 1.10 bits per heavy atom. The molecule has 2 aromatic rings. The Morgan fingerprint density at radius 3 is 2.10 bits per heavy atom. The van der Waals surface area contributed by atoms with Gasteiger partial charge < -0.3 is 29.6 Å². The maximum Gasteiger partial charge on any atom is 3.00 e. The molecule has 110 valence electrons. The van der Waals surface area contributed by atoms with E-state index in [-0.39, 0.29) is 51.0 Å². The van der Waals surface area contributed by atoms with E-state index in [1.807, 2.05) is 13.1 Å². The predicted molar refractivity (Wildman–Crippen MR) is 78.0 cm³/mol. The van der Waals surface area contributed by atoms with Crippen LogP contribution in [0.5, 0.6) is 0 Å². The van der Waals surface area contributed by atoms with Crippen molar-refractivity contribution >= 4 is 19.8 Å². The van der Waals surface area contributed by atoms with Gasteiger partial charge in [-0.3, -0.25) is 0 Å². The zero-order chi connectivity index (χ0) is 12.8. The summed E-state index contributed by atoms with van der Waals surface area (Å²) in [6.45, 7) is 8.07. The molecule has 0 saturated carbocycles. The largest absolute Gasteiger partial charge is 3.00 e. The molecule has 1 N–H and O–H groups in total. The van der Waals surface area contributed by atoms with Crippen LogP contribution >= 0.6 is 0 Å². The Labute approximate surface area is 156 Å². The molecule has 0 aliphatic rings. The van der Waals surface area contributed by atoms with Crippen molar-refractivity contribution in [2.24, 2.45) is 0 Å². The van der Waals surface area contributed by atoms with Gasteiger partial charge in [-0.15, -0.1) is 34.5 Å². The van der Waals surface area contributed by atoms with Gasteiger partial charge in [-0.2, -0.15) is 6.07 Å². The van der Waals surface area contributed by atoms with Crippen molar-refractivity contribution in [2.75, 3.05) is 0 Å². The van der Waals surface area contributed by atoms with Crippen molar-refractivity contribution in [1.82, 2.24) is 0 Å². The number of hydrogen-bond donors (Lipinski definition) is 1. The van der Waals surface area contributed by atoms with Crippen LogP contribution in [0.1, 0.15) is 25.0 Å². The van der Waals surface area contributed by atoms with Gasteiger partial charge in [0, 0.05) is 0 Å². The molecule has 0 atom stereocenters. The van der Waals surface area contributed by atoms with Crippen molar-refractivity contribution in [1.29, 1.82) is 0 Å². The van der Waals surface area contributed by atoms with Crippen molar-refractivity contribution < 1.29 is 55.8 Å². The Morgan fingerprint density at radius 2 is 1.65 bits per heavy atom. The molecular weight excluding hydrogens is 386 g/mol. The molecule has 2 aromatic carbocycles. The third-order valence-electron chi connectivity index (χ3n) is 2.69. The van der Waals surface area contributed by atoms with E-state index >= 15 is 0 Å². The minimum absolute atomic E-state index is 0. The first-order valence-corrected chi connectivity index (χ1v) is 8.69. The van der Waals surface area contributed by atoms with E-state index in [1.165, 1.54) is 21.9 Å². The summed E-state index contributed by atoms with van der Waals surface area (Å²) in [5.74, 6) is 0. The van der Waals surface area contributed by atoms with Gasteiger partial charge in [0.05, 0.1) is 0 Å². The molecule has 0 aromatic heterocycles. The summed E-state index contributed by atoms with van der Waals surface area (Å²) in [6, 6.07) is 11.2. The van der Waals surface area contributed by atoms with Gasteiger partial charge in [-0.1, -0.05) is 25.5 Å². The third kappa shape index (κ3) is 8.05. The SMILES string of the molecule is CCc1cc2c(CC)cccc2[cH-]1.C[Si](C)O.[Cl-].[Cl-].[Zr+3]. The van der Waals surface area contributed by atoms with Crippen molar-refractivity contribution in [3.05, 3.63) is 41.5 Å². The zero-order valence-corrected chi connectivity index (χ0v) is 17.5. The van der Waals surface area contributed by atoms with E-state index in [0.29, 0.717) is 0 Å². The van der Waals surface area contributed by atoms with E-state index in [2.05, 4.69) is 44.2 Å². The van der Waals surface area contributed by atoms with E-state index in [9.17, 15) is 0 Å². The van der Waals surface area contributed by atoms with Crippen LogP contribution in [0.25, 0.3) is 10.8 Å². The quantitative estimate of drug-likeness (QED) is 0.447. The molecule has 0 unspecified atom stereocenters. The van der Waals surface area contributed by atoms with Crippen LogP contribution in [0.3, 0.4) is 0 Å². The van der Waals surface area contributed by atoms with Crippen LogP contribution < -0.4 is 24.8 Å². The van der Waals surface area contributed by atoms with Gasteiger partial charge in [0.15, 0.2) is 9.04 Å². The van der Waals surface area contributed by atoms with E-state index < -0.39 is 9.04 Å². The molecule has 0 amide bonds. The van der Waals surface area contributed by atoms with Gasteiger partial charge >= 0.3 is 26.2 Å². The number of aryl methyl sites for hydroxylation is 2. The fourth-order valence-electron chi connectivity index (χ4n) is 1.87. The Hall–Kier alpha value is 0.470. The fraction of sp³-hybridized carbons (Fsp3) is 0.400. The third-order valence-corrected chi connectivity index (χ3v) is 2.69. The molecule has 0 saturated heterocycles. The normalized spacial score (nSPS) is 8.90. The van der Waals surface area contributed by atoms with E-state index in [4.69, 9.17) is 4.80 Å². The summed E-state index contributed by atoms with van der Waals surface area (Å²) >= 11 is 0. The standard InChI is InChI=1S/C13H15.C2H7OSi.2ClH.Zr/c1-3-10-8-12-7-5-6-11(4-2)13(12)9-10;1-4(2)3;;;/h5-9H,3-4H2,1-2H3;3H,1-2H3;2*1H;/q-1;;;;+3/p-2. The summed E-state index contributed by atoms with van der Waals surface area (Å²) < 4.78 is 0. The molecule has 0 spiro atoms. The van der Waals surface area contributed by atoms with Gasteiger partial charge in [0.1, 0.15) is 0 Å². The maximum absolute atomic E-state index is 8.16. The number of fused-ring (bicyclic) bond motifs is 1. The number of halogens is 2. The minimum Gasteiger partial charge on any atom is -1.00 e. The fourth-order valence-corrected chi connectivity index (χ4v) is 1.87. The van der Waals surface area contributed by atoms with Gasteiger partial charge in [-0.05, 0) is 25.9 Å². The molecule has 0 aliphatic heterocycles. The molecule has 0 aliphatic carbocycles. The molecule has 5 heteroatoms. The first kappa shape index (κ1) is 25.4. The molecule has 0 fully saturated rings. The van der Waals surface area contributed by atoms with Crippen LogP contribution in [-0.4, -0.2) is 13.8 Å². The second-order valence-corrected chi connectivity index (χ2v) is 6.33. The monoisotopic (exact) mass is 406 g/mol. The summed E-state index contributed by atoms with van der Waals surface area (Å²) in [5.41, 5.74) is 2.92. The minimum atomic E-state index is -0.880. The van der Waals surface area contributed by atoms with Gasteiger partial charge in [0.25, 0.3) is 0 Å². The Bertz CT molecular complexity index is 469. The summed E-state index contributed by atoms with van der Waals surface area (Å²) in [4.78, 5) is 8.16. The molecule has 20 heavy (non-hydrogen) atoms. The molecule has 0 heterocycles. The second-order valence-electron chi connectivity index (χ2n) is 4.44. The number of benzene rings is 1. The Kier molecular flexibility index (Phi) is 16.7. The number of hydrogen-bond acceptors (Lipinski definition) is 1. The van der Waals surface area contributed by atoms with Gasteiger partial charge in [-0.25, -0.2) is 0 Å². The van der Waals surface area contributed by atoms with Gasteiger partial charge in [0.2, 0.25) is 0 Å². The molecule has 0 bridgehead atoms. The van der Waals surface area contributed by atoms with Crippen molar-refractivity contribution in [3.8, 4) is 0 Å². The van der Waals surface area contributed by atoms with Crippen LogP contribution in [-0.2, 0) is 39.0 Å². The second kappa shape index (κ2) is 13.2. The summed E-state index contributed by atoms with van der Waals surface area (Å²) in [6.07, 6.45) is 2.27. The molecule has 1 nitrogen and oxygen atoms in total. The maximum atomic E-state index is 8.16. The zero-order valence-electron chi connectivity index (χ0n) is 12.5. The molecular formula is C15H22Cl2OSiZr. The van der Waals surface area contributed by atoms with Crippen LogP contribution in [0, 0.1) is 0 Å². The average Bonchev–Trinajstić information content (AvgIpc) is 2.70. The van der Waals surface area contributed by atoms with Crippen LogP contribution in [0.2, 0.25) is 13.1 Å². The van der Waals surface area contributed by atoms with Crippen molar-refractivity contribution in [2.45, 2.75) is 39.8 Å². The molecule has 2 radical (unpaired) electrons. The Balaban J connectivity index is -0.000000372. The number of rotatable bonds is 2. The topological polar surface area (TPSA) is 20.2 Å². The predicted octanol–water partition coefficient (Wildman–Crippen LogP) is -2.08. The first-order valence-electron chi connectivity index (χ1n) is 6.24. The average molecular weight is 409 g/mol. The van der Waals surface area contributed by atoms with Crippen molar-refractivity contribution in [3.63, 3.8) is 0 Å². The smallest absolute Gasteiger partial charge is 1.00 e. The first-order chi connectivity index (χ1) is 8.08. The van der Waals surface area contributed by atoms with E-state index in [0.717, 1.165) is 12.8 Å².